The maximum absolute atomic E-state index is 13.5. The zero-order chi connectivity index (χ0) is 44.8. The molecule has 3 aliphatic rings. The van der Waals surface area contributed by atoms with Crippen molar-refractivity contribution in [3.63, 3.8) is 0 Å². The number of hydrogen-bond acceptors (Lipinski definition) is 14. The Morgan fingerprint density at radius 3 is 1.85 bits per heavy atom. The molecule has 66 heavy (non-hydrogen) atoms. The number of aryl methyl sites for hydroxylation is 2. The number of nitrogens with one attached hydrogen (secondary N) is 5. The van der Waals surface area contributed by atoms with Gasteiger partial charge in [0.25, 0.3) is 11.8 Å². The van der Waals surface area contributed by atoms with Crippen molar-refractivity contribution in [1.82, 2.24) is 60.6 Å². The van der Waals surface area contributed by atoms with Gasteiger partial charge in [-0.3, -0.25) is 19.0 Å². The molecular weight excluding hydrogens is 833 g/mol. The molecule has 0 aliphatic carbocycles. The third-order valence-corrected chi connectivity index (χ3v) is 13.4. The summed E-state index contributed by atoms with van der Waals surface area (Å²) in [6.07, 6.45) is 14.5. The molecule has 0 radical (unpaired) electrons. The standard InChI is InChI=1S/C48H48N16O2/c1-62-26-39(58-60-62)29-3-5-33-24-52-42(20-35(33)17-29)56-46(65)31-7-12-50-41(19-31)55-37-9-14-49-38(23-37)45-48(28-54-45)10-15-64(16-11-48)44-22-32(8-13-51-44)47(66)57-43-21-36-18-30(4-6-34(36)25-53-43)40-27-63(2)61-59-40/h3-8,12-13,17-22,24-27,37-38,45,49,54H,9-11,14-16,23,28H2,1-2H3,(H,50,55)(H,52,56,65)(H,53,57,66). The Hall–Kier alpha value is -7.70. The number of fused-ring (bicyclic) bond motifs is 2. The minimum atomic E-state index is -0.259. The Kier molecular flexibility index (Phi) is 10.6. The molecule has 2 amide bonds. The van der Waals surface area contributed by atoms with Gasteiger partial charge in [0.15, 0.2) is 0 Å². The average molecular weight is 881 g/mol. The molecule has 8 aromatic rings. The number of aromatic nitrogens is 10. The van der Waals surface area contributed by atoms with Crippen LogP contribution in [0.5, 0.6) is 0 Å². The number of pyridine rings is 4. The highest BCUT2D eigenvalue weighted by atomic mass is 16.2. The fourth-order valence-electron chi connectivity index (χ4n) is 9.75. The Morgan fingerprint density at radius 1 is 0.667 bits per heavy atom. The number of nitrogens with zero attached hydrogens (tertiary/aromatic N) is 11. The Bertz CT molecular complexity index is 3120. The van der Waals surface area contributed by atoms with Gasteiger partial charge < -0.3 is 31.5 Å². The van der Waals surface area contributed by atoms with Crippen molar-refractivity contribution in [2.45, 2.75) is 43.8 Å². The van der Waals surface area contributed by atoms with Crippen LogP contribution in [0.2, 0.25) is 0 Å². The number of piperidine rings is 2. The van der Waals surface area contributed by atoms with Gasteiger partial charge in [0.05, 0.1) is 12.4 Å². The second-order valence-corrected chi connectivity index (χ2v) is 17.7. The van der Waals surface area contributed by atoms with Crippen molar-refractivity contribution < 1.29 is 9.59 Å². The van der Waals surface area contributed by atoms with E-state index in [4.69, 9.17) is 0 Å². The van der Waals surface area contributed by atoms with Crippen molar-refractivity contribution in [1.29, 1.82) is 0 Å². The summed E-state index contributed by atoms with van der Waals surface area (Å²) in [5.41, 5.74) is 4.62. The minimum absolute atomic E-state index is 0.171. The molecule has 9 heterocycles. The van der Waals surface area contributed by atoms with E-state index in [2.05, 4.69) is 72.0 Å². The van der Waals surface area contributed by atoms with E-state index in [1.54, 1.807) is 46.3 Å². The number of benzene rings is 2. The Labute approximate surface area is 379 Å². The highest BCUT2D eigenvalue weighted by Gasteiger charge is 2.52. The fourth-order valence-corrected chi connectivity index (χ4v) is 9.75. The molecule has 0 bridgehead atoms. The molecule has 3 atom stereocenters. The highest BCUT2D eigenvalue weighted by molar-refractivity contribution is 6.06. The van der Waals surface area contributed by atoms with Gasteiger partial charge in [-0.25, -0.2) is 19.9 Å². The van der Waals surface area contributed by atoms with Crippen molar-refractivity contribution in [2.24, 2.45) is 19.5 Å². The van der Waals surface area contributed by atoms with Crippen LogP contribution in [0.3, 0.4) is 0 Å². The summed E-state index contributed by atoms with van der Waals surface area (Å²) >= 11 is 0. The van der Waals surface area contributed by atoms with Crippen LogP contribution in [0.15, 0.2) is 110 Å². The maximum atomic E-state index is 13.5. The summed E-state index contributed by atoms with van der Waals surface area (Å²) in [5, 5.41) is 37.5. The molecule has 18 nitrogen and oxygen atoms in total. The van der Waals surface area contributed by atoms with Crippen LogP contribution in [-0.2, 0) is 14.1 Å². The van der Waals surface area contributed by atoms with Gasteiger partial charge in [-0.15, -0.1) is 10.2 Å². The van der Waals surface area contributed by atoms with Gasteiger partial charge in [-0.05, 0) is 91.5 Å². The summed E-state index contributed by atoms with van der Waals surface area (Å²) in [4.78, 5) is 47.6. The summed E-state index contributed by atoms with van der Waals surface area (Å²) < 4.78 is 3.34. The quantitative estimate of drug-likeness (QED) is 0.116. The molecule has 3 aliphatic heterocycles. The SMILES string of the molecule is Cn1cc(-c2ccc3cnc(NC(=O)c4ccnc(NC5CCNC(C6NCC67CCN(c6cc(C(=O)Nc8cc9cc(-c%10cn(C)nn%10)ccc9cn8)ccn6)CC7)C5)c4)cc3c2)nn1. The van der Waals surface area contributed by atoms with Gasteiger partial charge in [0.2, 0.25) is 0 Å². The number of hydrogen-bond donors (Lipinski definition) is 5. The normalized spacial score (nSPS) is 19.1. The number of anilines is 4. The molecule has 3 saturated heterocycles. The number of carbonyl (C=O) groups excluding carboxylic acids is 2. The predicted octanol–water partition coefficient (Wildman–Crippen LogP) is 5.46. The molecule has 11 rings (SSSR count). The van der Waals surface area contributed by atoms with Crippen LogP contribution in [0.4, 0.5) is 23.3 Å². The van der Waals surface area contributed by atoms with Crippen LogP contribution in [0.1, 0.15) is 46.4 Å². The van der Waals surface area contributed by atoms with Crippen molar-refractivity contribution in [2.75, 3.05) is 47.0 Å². The topological polar surface area (TPSA) is 211 Å². The van der Waals surface area contributed by atoms with Gasteiger partial charge in [-0.1, -0.05) is 34.7 Å². The molecule has 3 fully saturated rings. The van der Waals surface area contributed by atoms with Crippen LogP contribution in [0.25, 0.3) is 44.1 Å². The minimum Gasteiger partial charge on any atom is -0.367 e. The van der Waals surface area contributed by atoms with E-state index in [1.165, 1.54) is 0 Å². The molecule has 6 aromatic heterocycles. The smallest absolute Gasteiger partial charge is 0.257 e. The Balaban J connectivity index is 0.691. The lowest BCUT2D eigenvalue weighted by atomic mass is 9.63. The molecule has 2 aromatic carbocycles. The molecule has 1 spiro atoms. The van der Waals surface area contributed by atoms with E-state index in [-0.39, 0.29) is 29.3 Å². The van der Waals surface area contributed by atoms with Crippen molar-refractivity contribution in [3.05, 3.63) is 121 Å². The zero-order valence-corrected chi connectivity index (χ0v) is 36.5. The molecule has 332 valence electrons. The first-order chi connectivity index (χ1) is 32.2. The third kappa shape index (κ3) is 8.27. The lowest BCUT2D eigenvalue weighted by Crippen LogP contribution is -2.73. The molecular formula is C48H48N16O2. The number of carbonyl (C=O) groups is 2. The van der Waals surface area contributed by atoms with Crippen LogP contribution in [0, 0.1) is 5.41 Å². The van der Waals surface area contributed by atoms with Crippen molar-refractivity contribution >= 4 is 56.6 Å². The average Bonchev–Trinajstić information content (AvgIpc) is 3.99. The van der Waals surface area contributed by atoms with E-state index in [0.717, 1.165) is 102 Å². The van der Waals surface area contributed by atoms with E-state index in [1.807, 2.05) is 87.2 Å². The van der Waals surface area contributed by atoms with Crippen LogP contribution >= 0.6 is 0 Å². The predicted molar refractivity (Wildman–Crippen MR) is 252 cm³/mol. The zero-order valence-electron chi connectivity index (χ0n) is 36.5. The monoisotopic (exact) mass is 880 g/mol. The Morgan fingerprint density at radius 2 is 1.27 bits per heavy atom. The van der Waals surface area contributed by atoms with E-state index >= 15 is 0 Å². The van der Waals surface area contributed by atoms with Crippen LogP contribution in [-0.4, -0.2) is 106 Å². The van der Waals surface area contributed by atoms with Gasteiger partial charge in [0, 0.05) is 115 Å². The lowest BCUT2D eigenvalue weighted by molar-refractivity contribution is 0.0195. The second-order valence-electron chi connectivity index (χ2n) is 17.7. The second kappa shape index (κ2) is 17.0. The molecule has 5 N–H and O–H groups in total. The molecule has 0 saturated carbocycles. The van der Waals surface area contributed by atoms with Gasteiger partial charge in [-0.2, -0.15) is 0 Å². The van der Waals surface area contributed by atoms with Crippen LogP contribution < -0.4 is 31.5 Å². The summed E-state index contributed by atoms with van der Waals surface area (Å²) in [5.74, 6) is 1.90. The summed E-state index contributed by atoms with van der Waals surface area (Å²) in [7, 11) is 3.67. The number of amides is 2. The maximum Gasteiger partial charge on any atom is 0.257 e. The first-order valence-corrected chi connectivity index (χ1v) is 22.3. The first kappa shape index (κ1) is 41.0. The number of rotatable bonds is 10. The van der Waals surface area contributed by atoms with E-state index in [9.17, 15) is 9.59 Å². The molecule has 3 unspecified atom stereocenters. The van der Waals surface area contributed by atoms with Crippen molar-refractivity contribution in [3.8, 4) is 22.5 Å². The largest absolute Gasteiger partial charge is 0.367 e. The van der Waals surface area contributed by atoms with Gasteiger partial charge >= 0.3 is 0 Å². The van der Waals surface area contributed by atoms with E-state index < -0.39 is 0 Å². The van der Waals surface area contributed by atoms with E-state index in [0.29, 0.717) is 34.6 Å². The molecule has 18 heteroatoms. The lowest BCUT2D eigenvalue weighted by Gasteiger charge is -2.58. The highest BCUT2D eigenvalue weighted by Crippen LogP contribution is 2.44. The fraction of sp³-hybridized carbons (Fsp3) is 0.292. The third-order valence-electron chi connectivity index (χ3n) is 13.4. The first-order valence-electron chi connectivity index (χ1n) is 22.3. The summed E-state index contributed by atoms with van der Waals surface area (Å²) in [6.45, 7) is 3.56. The van der Waals surface area contributed by atoms with Gasteiger partial charge in [0.1, 0.15) is 34.7 Å². The summed E-state index contributed by atoms with van der Waals surface area (Å²) in [6, 6.07) is 23.7.